The Morgan fingerprint density at radius 3 is 2.47 bits per heavy atom. The van der Waals surface area contributed by atoms with Crippen molar-refractivity contribution in [3.8, 4) is 0 Å². The standard InChI is InChI=1S/C38H38ClFN4O3/c39-31-8-4-9-32(40)30(31)21-36(45)41-33-20-28(38(47)42-16-14-26(15-17-42)18-25-6-2-1-3-7-25)12-13-35(33)43-22-27-19-29(24-43)34-10-5-11-37(46)44(34)23-27/h1-13,20,26-27,29H,14-19,21-24H2,(H,41,45)/t27-,29+/m1/s1. The summed E-state index contributed by atoms with van der Waals surface area (Å²) in [6, 6.07) is 25.8. The fourth-order valence-corrected chi connectivity index (χ4v) is 7.89. The molecule has 2 bridgehead atoms. The van der Waals surface area contributed by atoms with E-state index in [0.29, 0.717) is 49.9 Å². The maximum atomic E-state index is 14.6. The van der Waals surface area contributed by atoms with Crippen LogP contribution in [0.25, 0.3) is 0 Å². The number of amides is 2. The predicted molar refractivity (Wildman–Crippen MR) is 183 cm³/mol. The second-order valence-electron chi connectivity index (χ2n) is 13.2. The number of pyridine rings is 1. The molecule has 9 heteroatoms. The van der Waals surface area contributed by atoms with Crippen molar-refractivity contribution in [2.45, 2.75) is 44.6 Å². The molecule has 4 aromatic rings. The van der Waals surface area contributed by atoms with E-state index >= 15 is 0 Å². The number of likely N-dealkylation sites (tertiary alicyclic amines) is 1. The van der Waals surface area contributed by atoms with E-state index in [1.807, 2.05) is 39.8 Å². The monoisotopic (exact) mass is 652 g/mol. The molecular weight excluding hydrogens is 615 g/mol. The SMILES string of the molecule is O=C(Cc1c(F)cccc1Cl)Nc1cc(C(=O)N2CCC(Cc3ccccc3)CC2)ccc1N1C[C@H]2C[C@@H](C1)c1cccc(=O)n1C2. The minimum atomic E-state index is -0.537. The molecule has 2 saturated heterocycles. The Bertz CT molecular complexity index is 1830. The first-order chi connectivity index (χ1) is 22.8. The molecule has 1 aromatic heterocycles. The number of anilines is 2. The number of benzene rings is 3. The molecule has 0 unspecified atom stereocenters. The van der Waals surface area contributed by atoms with Crippen LogP contribution in [-0.2, 0) is 24.2 Å². The second-order valence-corrected chi connectivity index (χ2v) is 13.6. The lowest BCUT2D eigenvalue weighted by Crippen LogP contribution is -2.47. The Labute approximate surface area is 279 Å². The van der Waals surface area contributed by atoms with E-state index in [-0.39, 0.29) is 40.3 Å². The van der Waals surface area contributed by atoms with Gasteiger partial charge in [-0.05, 0) is 79.5 Å². The lowest BCUT2D eigenvalue weighted by Gasteiger charge is -2.44. The molecule has 7 nitrogen and oxygen atoms in total. The highest BCUT2D eigenvalue weighted by atomic mass is 35.5. The number of nitrogens with zero attached hydrogens (tertiary/aromatic N) is 3. The zero-order chi connectivity index (χ0) is 32.5. The van der Waals surface area contributed by atoms with Crippen LogP contribution in [0.3, 0.4) is 0 Å². The van der Waals surface area contributed by atoms with Crippen LogP contribution in [0.15, 0.2) is 89.7 Å². The molecule has 0 saturated carbocycles. The number of fused-ring (bicyclic) bond motifs is 4. The maximum Gasteiger partial charge on any atom is 0.253 e. The van der Waals surface area contributed by atoms with E-state index in [1.54, 1.807) is 18.2 Å². The number of nitrogens with one attached hydrogen (secondary N) is 1. The summed E-state index contributed by atoms with van der Waals surface area (Å²) in [5, 5.41) is 3.20. The molecule has 0 radical (unpaired) electrons. The summed E-state index contributed by atoms with van der Waals surface area (Å²) < 4.78 is 16.5. The van der Waals surface area contributed by atoms with Gasteiger partial charge in [0.1, 0.15) is 5.82 Å². The maximum absolute atomic E-state index is 14.6. The first kappa shape index (κ1) is 31.2. The highest BCUT2D eigenvalue weighted by Gasteiger charge is 2.35. The van der Waals surface area contributed by atoms with Crippen molar-refractivity contribution in [3.05, 3.63) is 129 Å². The second kappa shape index (κ2) is 13.4. The summed E-state index contributed by atoms with van der Waals surface area (Å²) in [6.45, 7) is 3.39. The summed E-state index contributed by atoms with van der Waals surface area (Å²) >= 11 is 6.24. The fourth-order valence-electron chi connectivity index (χ4n) is 7.66. The number of carbonyl (C=O) groups excluding carboxylic acids is 2. The highest BCUT2D eigenvalue weighted by Crippen LogP contribution is 2.39. The van der Waals surface area contributed by atoms with Crippen LogP contribution in [0.5, 0.6) is 0 Å². The molecule has 2 fully saturated rings. The molecule has 242 valence electrons. The quantitative estimate of drug-likeness (QED) is 0.246. The molecule has 3 aliphatic heterocycles. The molecule has 2 amide bonds. The molecule has 0 aliphatic carbocycles. The molecule has 7 rings (SSSR count). The van der Waals surface area contributed by atoms with Gasteiger partial charge in [0.05, 0.1) is 17.8 Å². The number of carbonyl (C=O) groups is 2. The van der Waals surface area contributed by atoms with Gasteiger partial charge >= 0.3 is 0 Å². The van der Waals surface area contributed by atoms with Crippen LogP contribution in [-0.4, -0.2) is 47.5 Å². The van der Waals surface area contributed by atoms with Crippen molar-refractivity contribution in [2.75, 3.05) is 36.4 Å². The molecular formula is C38H38ClFN4O3. The van der Waals surface area contributed by atoms with Crippen LogP contribution < -0.4 is 15.8 Å². The predicted octanol–water partition coefficient (Wildman–Crippen LogP) is 6.54. The molecule has 0 spiro atoms. The van der Waals surface area contributed by atoms with Gasteiger partial charge in [-0.3, -0.25) is 14.4 Å². The third-order valence-corrected chi connectivity index (χ3v) is 10.4. The lowest BCUT2D eigenvalue weighted by atomic mass is 9.83. The average molecular weight is 653 g/mol. The molecule has 47 heavy (non-hydrogen) atoms. The number of rotatable bonds is 7. The van der Waals surface area contributed by atoms with E-state index in [9.17, 15) is 18.8 Å². The van der Waals surface area contributed by atoms with Crippen LogP contribution in [0.1, 0.15) is 52.4 Å². The summed E-state index contributed by atoms with van der Waals surface area (Å²) in [5.41, 5.74) is 4.33. The minimum Gasteiger partial charge on any atom is -0.369 e. The van der Waals surface area contributed by atoms with Crippen molar-refractivity contribution in [1.29, 1.82) is 0 Å². The number of hydrogen-bond acceptors (Lipinski definition) is 4. The summed E-state index contributed by atoms with van der Waals surface area (Å²) in [7, 11) is 0. The van der Waals surface area contributed by atoms with Gasteiger partial charge in [0.25, 0.3) is 11.5 Å². The Morgan fingerprint density at radius 1 is 0.894 bits per heavy atom. The van der Waals surface area contributed by atoms with Gasteiger partial charge in [-0.2, -0.15) is 0 Å². The van der Waals surface area contributed by atoms with Gasteiger partial charge < -0.3 is 19.7 Å². The summed E-state index contributed by atoms with van der Waals surface area (Å²) in [6.07, 6.45) is 3.64. The Hall–Kier alpha value is -4.43. The van der Waals surface area contributed by atoms with Crippen LogP contribution in [0.2, 0.25) is 5.02 Å². The zero-order valence-corrected chi connectivity index (χ0v) is 27.0. The molecule has 3 aliphatic rings. The normalized spacial score (nSPS) is 19.3. The number of hydrogen-bond donors (Lipinski definition) is 1. The van der Waals surface area contributed by atoms with Gasteiger partial charge in [0.2, 0.25) is 5.91 Å². The van der Waals surface area contributed by atoms with Gasteiger partial charge in [-0.25, -0.2) is 4.39 Å². The van der Waals surface area contributed by atoms with Crippen molar-refractivity contribution in [2.24, 2.45) is 11.8 Å². The van der Waals surface area contributed by atoms with E-state index in [4.69, 9.17) is 11.6 Å². The zero-order valence-electron chi connectivity index (χ0n) is 26.2. The van der Waals surface area contributed by atoms with Crippen molar-refractivity contribution < 1.29 is 14.0 Å². The van der Waals surface area contributed by atoms with Crippen molar-refractivity contribution in [3.63, 3.8) is 0 Å². The third kappa shape index (κ3) is 6.70. The number of aromatic nitrogens is 1. The van der Waals surface area contributed by atoms with Gasteiger partial charge in [0.15, 0.2) is 0 Å². The summed E-state index contributed by atoms with van der Waals surface area (Å²) in [5.74, 6) is -0.0604. The largest absolute Gasteiger partial charge is 0.369 e. The lowest BCUT2D eigenvalue weighted by molar-refractivity contribution is -0.115. The van der Waals surface area contributed by atoms with Crippen LogP contribution in [0, 0.1) is 17.7 Å². The first-order valence-electron chi connectivity index (χ1n) is 16.5. The molecule has 3 aromatic carbocycles. The number of piperidine rings is 2. The average Bonchev–Trinajstić information content (AvgIpc) is 3.07. The third-order valence-electron chi connectivity index (χ3n) is 10.0. The smallest absolute Gasteiger partial charge is 0.253 e. The summed E-state index contributed by atoms with van der Waals surface area (Å²) in [4.78, 5) is 43.9. The van der Waals surface area contributed by atoms with E-state index in [1.165, 1.54) is 17.7 Å². The molecule has 4 heterocycles. The van der Waals surface area contributed by atoms with Gasteiger partial charge in [0, 0.05) is 66.6 Å². The van der Waals surface area contributed by atoms with E-state index in [2.05, 4.69) is 34.5 Å². The Balaban J connectivity index is 1.13. The Morgan fingerprint density at radius 2 is 1.68 bits per heavy atom. The first-order valence-corrected chi connectivity index (χ1v) is 16.8. The Kier molecular flexibility index (Phi) is 8.86. The number of halogens is 2. The van der Waals surface area contributed by atoms with E-state index in [0.717, 1.165) is 37.1 Å². The van der Waals surface area contributed by atoms with Crippen LogP contribution >= 0.6 is 11.6 Å². The van der Waals surface area contributed by atoms with Gasteiger partial charge in [-0.1, -0.05) is 54.1 Å². The highest BCUT2D eigenvalue weighted by molar-refractivity contribution is 6.31. The van der Waals surface area contributed by atoms with Gasteiger partial charge in [-0.15, -0.1) is 0 Å². The van der Waals surface area contributed by atoms with Crippen LogP contribution in [0.4, 0.5) is 15.8 Å². The minimum absolute atomic E-state index is 0.0253. The fraction of sp³-hybridized carbons (Fsp3) is 0.342. The van der Waals surface area contributed by atoms with Crippen molar-refractivity contribution >= 4 is 34.8 Å². The molecule has 2 atom stereocenters. The molecule has 1 N–H and O–H groups in total. The van der Waals surface area contributed by atoms with E-state index < -0.39 is 11.7 Å². The topological polar surface area (TPSA) is 74.7 Å². The van der Waals surface area contributed by atoms with Crippen molar-refractivity contribution in [1.82, 2.24) is 9.47 Å².